The molecule has 0 bridgehead atoms. The van der Waals surface area contributed by atoms with Crippen molar-refractivity contribution in [1.82, 2.24) is 0 Å². The van der Waals surface area contributed by atoms with E-state index in [1.54, 1.807) is 0 Å². The van der Waals surface area contributed by atoms with Gasteiger partial charge in [0.15, 0.2) is 0 Å². The van der Waals surface area contributed by atoms with Crippen LogP contribution in [0.4, 0.5) is 0 Å². The van der Waals surface area contributed by atoms with Gasteiger partial charge in [-0.2, -0.15) is 0 Å². The molecule has 0 saturated heterocycles. The Kier molecular flexibility index (Phi) is 2.54. The van der Waals surface area contributed by atoms with E-state index in [0.717, 1.165) is 18.8 Å². The maximum Gasteiger partial charge on any atom is 0.312 e. The van der Waals surface area contributed by atoms with Crippen LogP contribution in [0.15, 0.2) is 0 Å². The van der Waals surface area contributed by atoms with Crippen LogP contribution in [0.2, 0.25) is 0 Å². The number of hydrogen-bond acceptors (Lipinski definition) is 2. The second kappa shape index (κ2) is 3.56. The first kappa shape index (κ1) is 10.0. The van der Waals surface area contributed by atoms with Gasteiger partial charge < -0.3 is 4.74 Å². The highest BCUT2D eigenvalue weighted by molar-refractivity contribution is 5.77. The van der Waals surface area contributed by atoms with Gasteiger partial charge in [-0.3, -0.25) is 4.79 Å². The average molecular weight is 196 g/mol. The average Bonchev–Trinajstić information content (AvgIpc) is 2.96. The fraction of sp³-hybridized carbons (Fsp3) is 0.917. The molecule has 2 heteroatoms. The molecule has 14 heavy (non-hydrogen) atoms. The molecule has 2 rings (SSSR count). The highest BCUT2D eigenvalue weighted by Gasteiger charge is 2.55. The Bertz CT molecular complexity index is 228. The minimum absolute atomic E-state index is 0.0616. The summed E-state index contributed by atoms with van der Waals surface area (Å²) in [5.41, 5.74) is -0.0909. The first-order valence-electron chi connectivity index (χ1n) is 5.79. The van der Waals surface area contributed by atoms with Crippen molar-refractivity contribution in [1.29, 1.82) is 0 Å². The van der Waals surface area contributed by atoms with E-state index in [4.69, 9.17) is 4.74 Å². The number of ether oxygens (including phenoxy) is 1. The Balaban J connectivity index is 2.14. The first-order valence-corrected chi connectivity index (χ1v) is 5.79. The van der Waals surface area contributed by atoms with Crippen molar-refractivity contribution in [2.45, 2.75) is 45.4 Å². The van der Waals surface area contributed by atoms with E-state index in [1.807, 2.05) is 0 Å². The molecule has 0 aliphatic heterocycles. The summed E-state index contributed by atoms with van der Waals surface area (Å²) in [6.45, 7) is 2.25. The fourth-order valence-corrected chi connectivity index (χ4v) is 3.20. The van der Waals surface area contributed by atoms with Crippen LogP contribution in [0.5, 0.6) is 0 Å². The van der Waals surface area contributed by atoms with Gasteiger partial charge in [-0.1, -0.05) is 26.2 Å². The van der Waals surface area contributed by atoms with E-state index in [1.165, 1.54) is 32.8 Å². The summed E-state index contributed by atoms with van der Waals surface area (Å²) >= 11 is 0. The topological polar surface area (TPSA) is 26.3 Å². The smallest absolute Gasteiger partial charge is 0.312 e. The van der Waals surface area contributed by atoms with E-state index in [9.17, 15) is 4.79 Å². The van der Waals surface area contributed by atoms with Crippen LogP contribution >= 0.6 is 0 Å². The normalized spacial score (nSPS) is 35.0. The number of carbonyl (C=O) groups excluding carboxylic acids is 1. The molecule has 0 aromatic carbocycles. The van der Waals surface area contributed by atoms with Gasteiger partial charge in [0, 0.05) is 0 Å². The van der Waals surface area contributed by atoms with E-state index >= 15 is 0 Å². The number of rotatable bonds is 2. The number of hydrogen-bond donors (Lipinski definition) is 0. The Labute approximate surface area is 86.0 Å². The summed E-state index contributed by atoms with van der Waals surface area (Å²) in [6.07, 6.45) is 7.06. The molecule has 0 aromatic heterocycles. The predicted octanol–water partition coefficient (Wildman–Crippen LogP) is 2.77. The molecule has 2 nitrogen and oxygen atoms in total. The molecule has 0 N–H and O–H groups in total. The summed E-state index contributed by atoms with van der Waals surface area (Å²) in [4.78, 5) is 11.9. The minimum Gasteiger partial charge on any atom is -0.469 e. The molecule has 80 valence electrons. The SMILES string of the molecule is COC(=O)C1([C@@H]2C[C@H]2C)CCCCC1. The molecule has 0 aromatic rings. The van der Waals surface area contributed by atoms with E-state index in [0.29, 0.717) is 5.92 Å². The molecule has 2 saturated carbocycles. The monoisotopic (exact) mass is 196 g/mol. The van der Waals surface area contributed by atoms with Gasteiger partial charge in [0.1, 0.15) is 0 Å². The van der Waals surface area contributed by atoms with E-state index < -0.39 is 0 Å². The molecule has 2 fully saturated rings. The lowest BCUT2D eigenvalue weighted by atomic mass is 9.70. The Hall–Kier alpha value is -0.530. The van der Waals surface area contributed by atoms with Gasteiger partial charge in [0.05, 0.1) is 12.5 Å². The van der Waals surface area contributed by atoms with Gasteiger partial charge in [0.25, 0.3) is 0 Å². The molecular formula is C12H20O2. The molecule has 2 aliphatic rings. The second-order valence-electron chi connectivity index (χ2n) is 5.03. The zero-order chi connectivity index (χ0) is 10.2. The van der Waals surface area contributed by atoms with Gasteiger partial charge in [-0.15, -0.1) is 0 Å². The third kappa shape index (κ3) is 1.45. The summed E-state index contributed by atoms with van der Waals surface area (Å²) in [7, 11) is 1.53. The van der Waals surface area contributed by atoms with Crippen molar-refractivity contribution >= 4 is 5.97 Å². The summed E-state index contributed by atoms with van der Waals surface area (Å²) < 4.78 is 5.00. The van der Waals surface area contributed by atoms with Crippen LogP contribution in [0.25, 0.3) is 0 Å². The van der Waals surface area contributed by atoms with Crippen LogP contribution in [-0.4, -0.2) is 13.1 Å². The van der Waals surface area contributed by atoms with Crippen molar-refractivity contribution in [3.05, 3.63) is 0 Å². The lowest BCUT2D eigenvalue weighted by molar-refractivity contribution is -0.157. The van der Waals surface area contributed by atoms with Crippen molar-refractivity contribution in [3.8, 4) is 0 Å². The zero-order valence-corrected chi connectivity index (χ0v) is 9.21. The molecule has 2 atom stereocenters. The van der Waals surface area contributed by atoms with Crippen LogP contribution in [0.1, 0.15) is 45.4 Å². The first-order chi connectivity index (χ1) is 6.70. The summed E-state index contributed by atoms with van der Waals surface area (Å²) in [5, 5.41) is 0. The third-order valence-electron chi connectivity index (χ3n) is 4.16. The Morgan fingerprint density at radius 2 is 1.86 bits per heavy atom. The molecule has 0 radical (unpaired) electrons. The van der Waals surface area contributed by atoms with Gasteiger partial charge in [-0.25, -0.2) is 0 Å². The molecule has 0 heterocycles. The predicted molar refractivity (Wildman–Crippen MR) is 54.8 cm³/mol. The van der Waals surface area contributed by atoms with Crippen LogP contribution < -0.4 is 0 Å². The number of carbonyl (C=O) groups is 1. The minimum atomic E-state index is -0.0909. The molecule has 2 aliphatic carbocycles. The van der Waals surface area contributed by atoms with Crippen molar-refractivity contribution < 1.29 is 9.53 Å². The Morgan fingerprint density at radius 3 is 2.29 bits per heavy atom. The van der Waals surface area contributed by atoms with Crippen LogP contribution in [-0.2, 0) is 9.53 Å². The number of esters is 1. The highest BCUT2D eigenvalue weighted by Crippen LogP contribution is 2.57. The quantitative estimate of drug-likeness (QED) is 0.635. The highest BCUT2D eigenvalue weighted by atomic mass is 16.5. The molecule has 0 spiro atoms. The molecular weight excluding hydrogens is 176 g/mol. The fourth-order valence-electron chi connectivity index (χ4n) is 3.20. The van der Waals surface area contributed by atoms with Gasteiger partial charge in [0.2, 0.25) is 0 Å². The van der Waals surface area contributed by atoms with Crippen LogP contribution in [0.3, 0.4) is 0 Å². The second-order valence-corrected chi connectivity index (χ2v) is 5.03. The van der Waals surface area contributed by atoms with E-state index in [-0.39, 0.29) is 11.4 Å². The maximum atomic E-state index is 11.9. The standard InChI is InChI=1S/C12H20O2/c1-9-8-10(9)12(11(13)14-2)6-4-3-5-7-12/h9-10H,3-8H2,1-2H3/t9-,10-/m1/s1. The largest absolute Gasteiger partial charge is 0.469 e. The van der Waals surface area contributed by atoms with Crippen LogP contribution in [0, 0.1) is 17.3 Å². The van der Waals surface area contributed by atoms with E-state index in [2.05, 4.69) is 6.92 Å². The summed E-state index contributed by atoms with van der Waals surface area (Å²) in [6, 6.07) is 0. The maximum absolute atomic E-state index is 11.9. The Morgan fingerprint density at radius 1 is 1.29 bits per heavy atom. The zero-order valence-electron chi connectivity index (χ0n) is 9.21. The lowest BCUT2D eigenvalue weighted by Crippen LogP contribution is -2.37. The van der Waals surface area contributed by atoms with Gasteiger partial charge >= 0.3 is 5.97 Å². The van der Waals surface area contributed by atoms with Gasteiger partial charge in [-0.05, 0) is 31.1 Å². The third-order valence-corrected chi connectivity index (χ3v) is 4.16. The van der Waals surface area contributed by atoms with Crippen molar-refractivity contribution in [3.63, 3.8) is 0 Å². The lowest BCUT2D eigenvalue weighted by Gasteiger charge is -2.35. The molecule has 0 amide bonds. The van der Waals surface area contributed by atoms with Crippen molar-refractivity contribution in [2.24, 2.45) is 17.3 Å². The molecule has 0 unspecified atom stereocenters. The summed E-state index contributed by atoms with van der Waals surface area (Å²) in [5.74, 6) is 1.42. The van der Waals surface area contributed by atoms with Crippen molar-refractivity contribution in [2.75, 3.05) is 7.11 Å². The number of methoxy groups -OCH3 is 1.